The first-order valence-electron chi connectivity index (χ1n) is 7.57. The van der Waals surface area contributed by atoms with Gasteiger partial charge >= 0.3 is 0 Å². The van der Waals surface area contributed by atoms with Gasteiger partial charge in [-0.25, -0.2) is 17.5 Å². The topological polar surface area (TPSA) is 78.5 Å². The fraction of sp³-hybridized carbons (Fsp3) is 0.533. The standard InChI is InChI=1S/C15H22FN3O3S/c1-23(21,22)18-12-5-4-9-19(11-12)10-8-15(20)17-14-7-3-2-6-13(14)16/h2-3,6-7,12,18H,4-5,8-11H2,1H3,(H,17,20)/t12-/m0/s1. The number of carbonyl (C=O) groups is 1. The average Bonchev–Trinajstić information content (AvgIpc) is 2.46. The summed E-state index contributed by atoms with van der Waals surface area (Å²) in [7, 11) is -3.22. The maximum atomic E-state index is 13.5. The quantitative estimate of drug-likeness (QED) is 0.813. The lowest BCUT2D eigenvalue weighted by Crippen LogP contribution is -2.47. The largest absolute Gasteiger partial charge is 0.324 e. The molecular weight excluding hydrogens is 321 g/mol. The third-order valence-electron chi connectivity index (χ3n) is 3.69. The van der Waals surface area contributed by atoms with Gasteiger partial charge in [0.05, 0.1) is 11.9 Å². The Bertz CT molecular complexity index is 651. The van der Waals surface area contributed by atoms with Crippen LogP contribution in [0.15, 0.2) is 24.3 Å². The van der Waals surface area contributed by atoms with Crippen molar-refractivity contribution in [2.75, 3.05) is 31.2 Å². The first kappa shape index (κ1) is 17.8. The predicted molar refractivity (Wildman–Crippen MR) is 87.1 cm³/mol. The lowest BCUT2D eigenvalue weighted by Gasteiger charge is -2.32. The summed E-state index contributed by atoms with van der Waals surface area (Å²) in [5.74, 6) is -0.718. The summed E-state index contributed by atoms with van der Waals surface area (Å²) in [6.45, 7) is 1.93. The van der Waals surface area contributed by atoms with Crippen molar-refractivity contribution < 1.29 is 17.6 Å². The van der Waals surface area contributed by atoms with Crippen molar-refractivity contribution in [1.82, 2.24) is 9.62 Å². The number of hydrogen-bond donors (Lipinski definition) is 2. The smallest absolute Gasteiger partial charge is 0.225 e. The minimum absolute atomic E-state index is 0.117. The van der Waals surface area contributed by atoms with Crippen LogP contribution >= 0.6 is 0 Å². The molecule has 2 N–H and O–H groups in total. The Morgan fingerprint density at radius 1 is 1.39 bits per heavy atom. The highest BCUT2D eigenvalue weighted by Crippen LogP contribution is 2.14. The molecule has 1 saturated heterocycles. The number of benzene rings is 1. The number of anilines is 1. The van der Waals surface area contributed by atoms with Crippen LogP contribution in [0, 0.1) is 5.82 Å². The van der Waals surface area contributed by atoms with Crippen molar-refractivity contribution >= 4 is 21.6 Å². The Labute approximate surface area is 136 Å². The van der Waals surface area contributed by atoms with Crippen LogP contribution in [0.3, 0.4) is 0 Å². The molecule has 2 rings (SSSR count). The van der Waals surface area contributed by atoms with Gasteiger partial charge in [-0.15, -0.1) is 0 Å². The van der Waals surface area contributed by atoms with Crippen LogP contribution in [0.1, 0.15) is 19.3 Å². The van der Waals surface area contributed by atoms with Gasteiger partial charge in [0.2, 0.25) is 15.9 Å². The second-order valence-corrected chi connectivity index (χ2v) is 7.59. The normalized spacial score (nSPS) is 19.5. The molecule has 1 aromatic carbocycles. The maximum absolute atomic E-state index is 13.5. The van der Waals surface area contributed by atoms with Gasteiger partial charge in [0.25, 0.3) is 0 Å². The van der Waals surface area contributed by atoms with Gasteiger partial charge in [0.1, 0.15) is 5.82 Å². The van der Waals surface area contributed by atoms with Gasteiger partial charge in [-0.3, -0.25) is 4.79 Å². The SMILES string of the molecule is CS(=O)(=O)N[C@H]1CCCN(CCC(=O)Nc2ccccc2F)C1. The van der Waals surface area contributed by atoms with Crippen molar-refractivity contribution in [3.8, 4) is 0 Å². The summed E-state index contributed by atoms with van der Waals surface area (Å²) in [6.07, 6.45) is 3.06. The molecule has 1 fully saturated rings. The molecule has 0 aliphatic carbocycles. The Hall–Kier alpha value is -1.51. The van der Waals surface area contributed by atoms with E-state index in [0.717, 1.165) is 25.6 Å². The van der Waals surface area contributed by atoms with E-state index in [1.54, 1.807) is 12.1 Å². The fourth-order valence-corrected chi connectivity index (χ4v) is 3.49. The molecular formula is C15H22FN3O3S. The molecule has 0 aromatic heterocycles. The van der Waals surface area contributed by atoms with Crippen LogP contribution in [0.2, 0.25) is 0 Å². The van der Waals surface area contributed by atoms with Crippen molar-refractivity contribution in [3.05, 3.63) is 30.1 Å². The number of rotatable bonds is 6. The van der Waals surface area contributed by atoms with Gasteiger partial charge in [0.15, 0.2) is 0 Å². The van der Waals surface area contributed by atoms with Crippen LogP contribution in [0.5, 0.6) is 0 Å². The Morgan fingerprint density at radius 2 is 2.13 bits per heavy atom. The molecule has 8 heteroatoms. The molecule has 0 spiro atoms. The number of halogens is 1. The van der Waals surface area contributed by atoms with E-state index in [4.69, 9.17) is 0 Å². The van der Waals surface area contributed by atoms with Crippen LogP contribution in [0.4, 0.5) is 10.1 Å². The maximum Gasteiger partial charge on any atom is 0.225 e. The molecule has 0 radical (unpaired) electrons. The molecule has 128 valence electrons. The molecule has 0 saturated carbocycles. The number of nitrogens with one attached hydrogen (secondary N) is 2. The summed E-state index contributed by atoms with van der Waals surface area (Å²) in [5, 5.41) is 2.55. The monoisotopic (exact) mass is 343 g/mol. The number of nitrogens with zero attached hydrogens (tertiary/aromatic N) is 1. The van der Waals surface area contributed by atoms with Gasteiger partial charge < -0.3 is 10.2 Å². The van der Waals surface area contributed by atoms with E-state index >= 15 is 0 Å². The molecule has 0 unspecified atom stereocenters. The zero-order valence-electron chi connectivity index (χ0n) is 13.1. The van der Waals surface area contributed by atoms with Gasteiger partial charge in [0, 0.05) is 25.6 Å². The number of sulfonamides is 1. The number of amides is 1. The van der Waals surface area contributed by atoms with E-state index in [9.17, 15) is 17.6 Å². The molecule has 1 heterocycles. The first-order valence-corrected chi connectivity index (χ1v) is 9.46. The van der Waals surface area contributed by atoms with Crippen LogP contribution in [-0.2, 0) is 14.8 Å². The van der Waals surface area contributed by atoms with Crippen LogP contribution in [0.25, 0.3) is 0 Å². The number of para-hydroxylation sites is 1. The minimum Gasteiger partial charge on any atom is -0.324 e. The molecule has 1 aromatic rings. The summed E-state index contributed by atoms with van der Waals surface area (Å²) in [4.78, 5) is 14.0. The minimum atomic E-state index is -3.22. The van der Waals surface area contributed by atoms with Crippen molar-refractivity contribution in [2.24, 2.45) is 0 Å². The Kier molecular flexibility index (Phi) is 6.09. The average molecular weight is 343 g/mol. The molecule has 0 bridgehead atoms. The Morgan fingerprint density at radius 3 is 2.83 bits per heavy atom. The number of likely N-dealkylation sites (tertiary alicyclic amines) is 1. The van der Waals surface area contributed by atoms with E-state index in [1.165, 1.54) is 12.1 Å². The fourth-order valence-electron chi connectivity index (χ4n) is 2.69. The summed E-state index contributed by atoms with van der Waals surface area (Å²) in [6, 6.07) is 5.91. The van der Waals surface area contributed by atoms with Crippen molar-refractivity contribution in [3.63, 3.8) is 0 Å². The third-order valence-corrected chi connectivity index (χ3v) is 4.45. The number of piperidine rings is 1. The lowest BCUT2D eigenvalue weighted by molar-refractivity contribution is -0.116. The number of hydrogen-bond acceptors (Lipinski definition) is 4. The van der Waals surface area contributed by atoms with Gasteiger partial charge in [-0.05, 0) is 31.5 Å². The highest BCUT2D eigenvalue weighted by molar-refractivity contribution is 7.88. The second kappa shape index (κ2) is 7.85. The lowest BCUT2D eigenvalue weighted by atomic mass is 10.1. The van der Waals surface area contributed by atoms with Crippen molar-refractivity contribution in [2.45, 2.75) is 25.3 Å². The van der Waals surface area contributed by atoms with E-state index in [0.29, 0.717) is 13.1 Å². The van der Waals surface area contributed by atoms with E-state index in [2.05, 4.69) is 10.0 Å². The highest BCUT2D eigenvalue weighted by atomic mass is 32.2. The highest BCUT2D eigenvalue weighted by Gasteiger charge is 2.22. The second-order valence-electron chi connectivity index (χ2n) is 5.81. The molecule has 1 atom stereocenters. The molecule has 6 nitrogen and oxygen atoms in total. The van der Waals surface area contributed by atoms with Crippen molar-refractivity contribution in [1.29, 1.82) is 0 Å². The van der Waals surface area contributed by atoms with E-state index in [-0.39, 0.29) is 24.1 Å². The van der Waals surface area contributed by atoms with E-state index in [1.807, 2.05) is 4.90 Å². The van der Waals surface area contributed by atoms with Gasteiger partial charge in [-0.2, -0.15) is 0 Å². The molecule has 23 heavy (non-hydrogen) atoms. The zero-order chi connectivity index (χ0) is 16.9. The first-order chi connectivity index (χ1) is 10.8. The number of carbonyl (C=O) groups excluding carboxylic acids is 1. The zero-order valence-corrected chi connectivity index (χ0v) is 13.9. The predicted octanol–water partition coefficient (Wildman–Crippen LogP) is 1.17. The summed E-state index contributed by atoms with van der Waals surface area (Å²) in [5.41, 5.74) is 0.174. The summed E-state index contributed by atoms with van der Waals surface area (Å²) >= 11 is 0. The van der Waals surface area contributed by atoms with Crippen LogP contribution in [-0.4, -0.2) is 51.2 Å². The van der Waals surface area contributed by atoms with E-state index < -0.39 is 15.8 Å². The van der Waals surface area contributed by atoms with Crippen LogP contribution < -0.4 is 10.0 Å². The molecule has 1 aliphatic rings. The third kappa shape index (κ3) is 6.25. The van der Waals surface area contributed by atoms with Gasteiger partial charge in [-0.1, -0.05) is 12.1 Å². The summed E-state index contributed by atoms with van der Waals surface area (Å²) < 4.78 is 38.6. The Balaban J connectivity index is 1.79. The molecule has 1 amide bonds. The molecule has 1 aliphatic heterocycles.